The monoisotopic (exact) mass is 248 g/mol. The van der Waals surface area contributed by atoms with Crippen molar-refractivity contribution in [3.05, 3.63) is 36.5 Å². The van der Waals surface area contributed by atoms with E-state index in [1.807, 2.05) is 6.92 Å². The molecule has 0 heterocycles. The maximum absolute atomic E-state index is 5.54. The van der Waals surface area contributed by atoms with Crippen LogP contribution in [0.1, 0.15) is 26.7 Å². The van der Waals surface area contributed by atoms with Gasteiger partial charge in [-0.25, -0.2) is 0 Å². The summed E-state index contributed by atoms with van der Waals surface area (Å²) >= 11 is 0. The molecule has 1 unspecified atom stereocenters. The SMILES string of the molecule is C#CC(CC/C(C)=C/COCC=C)OCC(=C)C. The molecule has 0 aliphatic carbocycles. The van der Waals surface area contributed by atoms with Gasteiger partial charge in [0.1, 0.15) is 6.10 Å². The van der Waals surface area contributed by atoms with Gasteiger partial charge in [0.05, 0.1) is 19.8 Å². The summed E-state index contributed by atoms with van der Waals surface area (Å²) in [7, 11) is 0. The van der Waals surface area contributed by atoms with E-state index in [-0.39, 0.29) is 6.10 Å². The second-order valence-corrected chi connectivity index (χ2v) is 4.34. The Bertz CT molecular complexity index is 320. The molecule has 100 valence electrons. The van der Waals surface area contributed by atoms with Crippen molar-refractivity contribution >= 4 is 0 Å². The smallest absolute Gasteiger partial charge is 0.118 e. The molecule has 0 saturated heterocycles. The molecule has 0 aliphatic heterocycles. The van der Waals surface area contributed by atoms with Gasteiger partial charge >= 0.3 is 0 Å². The lowest BCUT2D eigenvalue weighted by Crippen LogP contribution is -2.11. The quantitative estimate of drug-likeness (QED) is 0.334. The van der Waals surface area contributed by atoms with E-state index in [2.05, 4.69) is 32.1 Å². The van der Waals surface area contributed by atoms with Crippen LogP contribution in [-0.4, -0.2) is 25.9 Å². The molecule has 0 radical (unpaired) electrons. The number of rotatable bonds is 10. The van der Waals surface area contributed by atoms with Crippen molar-refractivity contribution in [2.24, 2.45) is 0 Å². The first-order valence-corrected chi connectivity index (χ1v) is 6.16. The lowest BCUT2D eigenvalue weighted by atomic mass is 10.1. The van der Waals surface area contributed by atoms with Gasteiger partial charge in [0, 0.05) is 0 Å². The lowest BCUT2D eigenvalue weighted by Gasteiger charge is -2.12. The van der Waals surface area contributed by atoms with E-state index < -0.39 is 0 Å². The van der Waals surface area contributed by atoms with Crippen molar-refractivity contribution in [2.45, 2.75) is 32.8 Å². The van der Waals surface area contributed by atoms with Crippen LogP contribution in [0.15, 0.2) is 36.5 Å². The number of allylic oxidation sites excluding steroid dienone is 1. The summed E-state index contributed by atoms with van der Waals surface area (Å²) in [5, 5.41) is 0. The third kappa shape index (κ3) is 9.89. The van der Waals surface area contributed by atoms with Gasteiger partial charge in [0.25, 0.3) is 0 Å². The molecule has 0 fully saturated rings. The fourth-order valence-corrected chi connectivity index (χ4v) is 1.27. The summed E-state index contributed by atoms with van der Waals surface area (Å²) in [5.41, 5.74) is 2.25. The molecule has 0 aromatic carbocycles. The van der Waals surface area contributed by atoms with E-state index in [4.69, 9.17) is 15.9 Å². The predicted molar refractivity (Wildman–Crippen MR) is 77.4 cm³/mol. The lowest BCUT2D eigenvalue weighted by molar-refractivity contribution is 0.105. The second-order valence-electron chi connectivity index (χ2n) is 4.34. The second kappa shape index (κ2) is 10.8. The highest BCUT2D eigenvalue weighted by Gasteiger charge is 2.05. The summed E-state index contributed by atoms with van der Waals surface area (Å²) in [6, 6.07) is 0. The summed E-state index contributed by atoms with van der Waals surface area (Å²) in [4.78, 5) is 0. The van der Waals surface area contributed by atoms with Crippen LogP contribution >= 0.6 is 0 Å². The fraction of sp³-hybridized carbons (Fsp3) is 0.500. The molecule has 0 spiro atoms. The number of terminal acetylenes is 1. The molecule has 2 heteroatoms. The maximum atomic E-state index is 5.54. The van der Waals surface area contributed by atoms with Crippen LogP contribution in [0.4, 0.5) is 0 Å². The molecule has 0 saturated carbocycles. The molecule has 18 heavy (non-hydrogen) atoms. The van der Waals surface area contributed by atoms with E-state index in [1.165, 1.54) is 5.57 Å². The highest BCUT2D eigenvalue weighted by atomic mass is 16.5. The first-order chi connectivity index (χ1) is 8.60. The molecular formula is C16H24O2. The summed E-state index contributed by atoms with van der Waals surface area (Å²) in [6.45, 7) is 13.1. The van der Waals surface area contributed by atoms with Crippen LogP contribution in [-0.2, 0) is 9.47 Å². The van der Waals surface area contributed by atoms with Crippen molar-refractivity contribution < 1.29 is 9.47 Å². The Balaban J connectivity index is 3.86. The Morgan fingerprint density at radius 2 is 2.11 bits per heavy atom. The Labute approximate surface area is 111 Å². The zero-order chi connectivity index (χ0) is 13.8. The van der Waals surface area contributed by atoms with Gasteiger partial charge in [0.15, 0.2) is 0 Å². The molecule has 0 bridgehead atoms. The van der Waals surface area contributed by atoms with Crippen molar-refractivity contribution in [2.75, 3.05) is 19.8 Å². The van der Waals surface area contributed by atoms with Gasteiger partial charge in [-0.15, -0.1) is 13.0 Å². The number of hydrogen-bond acceptors (Lipinski definition) is 2. The first kappa shape index (κ1) is 16.7. The minimum Gasteiger partial charge on any atom is -0.373 e. The third-order valence-electron chi connectivity index (χ3n) is 2.30. The average Bonchev–Trinajstić information content (AvgIpc) is 2.34. The van der Waals surface area contributed by atoms with Crippen molar-refractivity contribution in [3.8, 4) is 12.3 Å². The first-order valence-electron chi connectivity index (χ1n) is 6.16. The van der Waals surface area contributed by atoms with Crippen LogP contribution in [0.2, 0.25) is 0 Å². The number of ether oxygens (including phenoxy) is 2. The highest BCUT2D eigenvalue weighted by Crippen LogP contribution is 2.10. The van der Waals surface area contributed by atoms with E-state index in [9.17, 15) is 0 Å². The zero-order valence-corrected chi connectivity index (χ0v) is 11.6. The molecule has 1 atom stereocenters. The predicted octanol–water partition coefficient (Wildman–Crippen LogP) is 3.51. The average molecular weight is 248 g/mol. The molecule has 0 aliphatic rings. The van der Waals surface area contributed by atoms with Crippen LogP contribution in [0, 0.1) is 12.3 Å². The van der Waals surface area contributed by atoms with Crippen LogP contribution < -0.4 is 0 Å². The van der Waals surface area contributed by atoms with Gasteiger partial charge in [-0.1, -0.05) is 35.8 Å². The minimum atomic E-state index is -0.140. The Hall–Kier alpha value is -1.30. The van der Waals surface area contributed by atoms with E-state index >= 15 is 0 Å². The van der Waals surface area contributed by atoms with E-state index in [0.717, 1.165) is 18.4 Å². The van der Waals surface area contributed by atoms with Crippen LogP contribution in [0.3, 0.4) is 0 Å². The molecule has 0 amide bonds. The molecule has 2 nitrogen and oxygen atoms in total. The van der Waals surface area contributed by atoms with Gasteiger partial charge in [-0.3, -0.25) is 0 Å². The molecular weight excluding hydrogens is 224 g/mol. The normalized spacial score (nSPS) is 12.8. The van der Waals surface area contributed by atoms with Gasteiger partial charge in [-0.05, 0) is 26.7 Å². The summed E-state index contributed by atoms with van der Waals surface area (Å²) in [6.07, 6.45) is 10.8. The van der Waals surface area contributed by atoms with Crippen LogP contribution in [0.25, 0.3) is 0 Å². The van der Waals surface area contributed by atoms with Crippen LogP contribution in [0.5, 0.6) is 0 Å². The molecule has 0 rings (SSSR count). The summed E-state index contributed by atoms with van der Waals surface area (Å²) in [5.74, 6) is 2.65. The standard InChI is InChI=1S/C16H24O2/c1-6-11-17-12-10-15(5)8-9-16(7-2)18-13-14(3)4/h2,6,10,16H,1,3,8-9,11-13H2,4-5H3/b15-10+. The van der Waals surface area contributed by atoms with Gasteiger partial charge < -0.3 is 9.47 Å². The highest BCUT2D eigenvalue weighted by molar-refractivity contribution is 5.03. The van der Waals surface area contributed by atoms with Gasteiger partial charge in [0.2, 0.25) is 0 Å². The Kier molecular flexibility index (Phi) is 10.0. The maximum Gasteiger partial charge on any atom is 0.118 e. The molecule has 0 N–H and O–H groups in total. The van der Waals surface area contributed by atoms with Crippen molar-refractivity contribution in [1.82, 2.24) is 0 Å². The zero-order valence-electron chi connectivity index (χ0n) is 11.6. The number of hydrogen-bond donors (Lipinski definition) is 0. The largest absolute Gasteiger partial charge is 0.373 e. The van der Waals surface area contributed by atoms with Crippen molar-refractivity contribution in [3.63, 3.8) is 0 Å². The Morgan fingerprint density at radius 3 is 2.67 bits per heavy atom. The molecule has 0 aromatic heterocycles. The summed E-state index contributed by atoms with van der Waals surface area (Å²) < 4.78 is 10.8. The molecule has 0 aromatic rings. The minimum absolute atomic E-state index is 0.140. The van der Waals surface area contributed by atoms with Gasteiger partial charge in [-0.2, -0.15) is 0 Å². The topological polar surface area (TPSA) is 18.5 Å². The fourth-order valence-electron chi connectivity index (χ4n) is 1.27. The Morgan fingerprint density at radius 1 is 1.39 bits per heavy atom. The van der Waals surface area contributed by atoms with E-state index in [1.54, 1.807) is 6.08 Å². The third-order valence-corrected chi connectivity index (χ3v) is 2.30. The van der Waals surface area contributed by atoms with E-state index in [0.29, 0.717) is 19.8 Å². The van der Waals surface area contributed by atoms with Crippen molar-refractivity contribution in [1.29, 1.82) is 0 Å².